The zero-order valence-electron chi connectivity index (χ0n) is 17.6. The molecule has 6 heteroatoms. The average molecular weight is 429 g/mol. The largest absolute Gasteiger partial charge is 0.340 e. The molecule has 0 spiro atoms. The second-order valence-electron chi connectivity index (χ2n) is 7.28. The lowest BCUT2D eigenvalue weighted by Crippen LogP contribution is -2.32. The van der Waals surface area contributed by atoms with Gasteiger partial charge >= 0.3 is 0 Å². The zero-order valence-corrected chi connectivity index (χ0v) is 18.4. The molecule has 156 valence electrons. The molecule has 1 unspecified atom stereocenters. The number of rotatable bonds is 7. The first-order chi connectivity index (χ1) is 15.1. The van der Waals surface area contributed by atoms with Gasteiger partial charge in [-0.1, -0.05) is 90.6 Å². The highest BCUT2D eigenvalue weighted by Crippen LogP contribution is 2.30. The topological polar surface area (TPSA) is 51.0 Å². The normalized spacial score (nSPS) is 11.8. The van der Waals surface area contributed by atoms with Crippen LogP contribution in [0.15, 0.2) is 96.2 Å². The summed E-state index contributed by atoms with van der Waals surface area (Å²) in [5, 5.41) is 9.29. The summed E-state index contributed by atoms with van der Waals surface area (Å²) in [7, 11) is 1.84. The van der Waals surface area contributed by atoms with Crippen molar-refractivity contribution in [3.05, 3.63) is 96.6 Å². The van der Waals surface area contributed by atoms with Crippen LogP contribution in [-0.2, 0) is 11.3 Å². The van der Waals surface area contributed by atoms with Gasteiger partial charge in [0.2, 0.25) is 5.91 Å². The molecular formula is C25H24N4OS. The molecule has 1 amide bonds. The molecule has 4 aromatic rings. The maximum absolute atomic E-state index is 13.0. The summed E-state index contributed by atoms with van der Waals surface area (Å²) in [6, 6.07) is 30.0. The quantitative estimate of drug-likeness (QED) is 0.386. The molecule has 0 aliphatic heterocycles. The van der Waals surface area contributed by atoms with Crippen molar-refractivity contribution < 1.29 is 4.79 Å². The highest BCUT2D eigenvalue weighted by molar-refractivity contribution is 8.00. The van der Waals surface area contributed by atoms with Crippen molar-refractivity contribution in [1.82, 2.24) is 19.7 Å². The summed E-state index contributed by atoms with van der Waals surface area (Å²) < 4.78 is 2.01. The molecule has 1 atom stereocenters. The molecule has 1 aromatic heterocycles. The van der Waals surface area contributed by atoms with E-state index in [4.69, 9.17) is 0 Å². The summed E-state index contributed by atoms with van der Waals surface area (Å²) in [6.45, 7) is 2.49. The van der Waals surface area contributed by atoms with E-state index < -0.39 is 0 Å². The van der Waals surface area contributed by atoms with Crippen LogP contribution in [0.1, 0.15) is 12.5 Å². The maximum atomic E-state index is 13.0. The molecule has 0 aliphatic rings. The Bertz CT molecular complexity index is 1130. The van der Waals surface area contributed by atoms with Crippen LogP contribution in [0, 0.1) is 0 Å². The fraction of sp³-hybridized carbons (Fsp3) is 0.160. The number of hydrogen-bond donors (Lipinski definition) is 0. The van der Waals surface area contributed by atoms with Crippen molar-refractivity contribution in [3.8, 4) is 17.1 Å². The van der Waals surface area contributed by atoms with E-state index in [1.165, 1.54) is 11.8 Å². The molecule has 0 radical (unpaired) electrons. The Kier molecular flexibility index (Phi) is 6.48. The molecular weight excluding hydrogens is 404 g/mol. The number of carbonyl (C=O) groups excluding carboxylic acids is 1. The van der Waals surface area contributed by atoms with Gasteiger partial charge in [-0.3, -0.25) is 9.36 Å². The Labute approximate surface area is 186 Å². The van der Waals surface area contributed by atoms with E-state index in [-0.39, 0.29) is 11.2 Å². The lowest BCUT2D eigenvalue weighted by atomic mass is 10.2. The van der Waals surface area contributed by atoms with Crippen LogP contribution in [0.4, 0.5) is 0 Å². The molecule has 0 fully saturated rings. The molecule has 4 rings (SSSR count). The SMILES string of the molecule is CC(Sc1nnc(-c2ccccc2)n1-c1ccccc1)C(=O)N(C)Cc1ccccc1. The maximum Gasteiger partial charge on any atom is 0.235 e. The minimum atomic E-state index is -0.302. The summed E-state index contributed by atoms with van der Waals surface area (Å²) in [6.07, 6.45) is 0. The Morgan fingerprint density at radius 3 is 2.13 bits per heavy atom. The van der Waals surface area contributed by atoms with Crippen LogP contribution in [-0.4, -0.2) is 37.9 Å². The molecule has 31 heavy (non-hydrogen) atoms. The van der Waals surface area contributed by atoms with Gasteiger partial charge in [0.05, 0.1) is 5.25 Å². The van der Waals surface area contributed by atoms with E-state index in [2.05, 4.69) is 10.2 Å². The van der Waals surface area contributed by atoms with Gasteiger partial charge < -0.3 is 4.90 Å². The number of benzene rings is 3. The summed E-state index contributed by atoms with van der Waals surface area (Å²) in [4.78, 5) is 14.8. The van der Waals surface area contributed by atoms with E-state index in [9.17, 15) is 4.79 Å². The Hall–Kier alpha value is -3.38. The van der Waals surface area contributed by atoms with Crippen molar-refractivity contribution in [2.24, 2.45) is 0 Å². The van der Waals surface area contributed by atoms with Gasteiger partial charge in [0.15, 0.2) is 11.0 Å². The van der Waals surface area contributed by atoms with Crippen molar-refractivity contribution in [2.45, 2.75) is 23.9 Å². The Morgan fingerprint density at radius 1 is 0.903 bits per heavy atom. The first kappa shape index (κ1) is 20.9. The third-order valence-corrected chi connectivity index (χ3v) is 5.98. The van der Waals surface area contributed by atoms with E-state index in [0.29, 0.717) is 11.7 Å². The van der Waals surface area contributed by atoms with Crippen LogP contribution in [0.3, 0.4) is 0 Å². The minimum absolute atomic E-state index is 0.0534. The highest BCUT2D eigenvalue weighted by atomic mass is 32.2. The van der Waals surface area contributed by atoms with Gasteiger partial charge in [0.25, 0.3) is 0 Å². The van der Waals surface area contributed by atoms with Crippen molar-refractivity contribution >= 4 is 17.7 Å². The number of aromatic nitrogens is 3. The molecule has 5 nitrogen and oxygen atoms in total. The van der Waals surface area contributed by atoms with Gasteiger partial charge in [0, 0.05) is 24.8 Å². The van der Waals surface area contributed by atoms with Gasteiger partial charge in [0.1, 0.15) is 0 Å². The predicted octanol–water partition coefficient (Wildman–Crippen LogP) is 5.07. The zero-order chi connectivity index (χ0) is 21.6. The van der Waals surface area contributed by atoms with Gasteiger partial charge in [-0.25, -0.2) is 0 Å². The minimum Gasteiger partial charge on any atom is -0.340 e. The molecule has 1 heterocycles. The first-order valence-corrected chi connectivity index (χ1v) is 11.0. The van der Waals surface area contributed by atoms with Crippen molar-refractivity contribution in [1.29, 1.82) is 0 Å². The number of thioether (sulfide) groups is 1. The smallest absolute Gasteiger partial charge is 0.235 e. The number of amides is 1. The van der Waals surface area contributed by atoms with Crippen LogP contribution in [0.25, 0.3) is 17.1 Å². The van der Waals surface area contributed by atoms with Gasteiger partial charge in [-0.15, -0.1) is 10.2 Å². The standard InChI is InChI=1S/C25H24N4OS/c1-19(24(30)28(2)18-20-12-6-3-7-13-20)31-25-27-26-23(21-14-8-4-9-15-21)29(25)22-16-10-5-11-17-22/h3-17,19H,18H2,1-2H3. The number of carbonyl (C=O) groups is 1. The first-order valence-electron chi connectivity index (χ1n) is 10.2. The summed E-state index contributed by atoms with van der Waals surface area (Å²) in [5.74, 6) is 0.810. The van der Waals surface area contributed by atoms with Crippen LogP contribution in [0.2, 0.25) is 0 Å². The van der Waals surface area contributed by atoms with Crippen molar-refractivity contribution in [3.63, 3.8) is 0 Å². The summed E-state index contributed by atoms with van der Waals surface area (Å²) in [5.41, 5.74) is 3.05. The summed E-state index contributed by atoms with van der Waals surface area (Å²) >= 11 is 1.43. The van der Waals surface area contributed by atoms with E-state index in [0.717, 1.165) is 22.6 Å². The van der Waals surface area contributed by atoms with Crippen LogP contribution >= 0.6 is 11.8 Å². The fourth-order valence-electron chi connectivity index (χ4n) is 3.38. The number of para-hydroxylation sites is 1. The molecule has 3 aromatic carbocycles. The van der Waals surface area contributed by atoms with E-state index >= 15 is 0 Å². The van der Waals surface area contributed by atoms with E-state index in [1.807, 2.05) is 110 Å². The Balaban J connectivity index is 1.59. The van der Waals surface area contributed by atoms with E-state index in [1.54, 1.807) is 4.90 Å². The van der Waals surface area contributed by atoms with Gasteiger partial charge in [-0.05, 0) is 24.6 Å². The van der Waals surface area contributed by atoms with Crippen LogP contribution < -0.4 is 0 Å². The highest BCUT2D eigenvalue weighted by Gasteiger charge is 2.24. The second kappa shape index (κ2) is 9.62. The molecule has 0 saturated carbocycles. The molecule has 0 saturated heterocycles. The van der Waals surface area contributed by atoms with Gasteiger partial charge in [-0.2, -0.15) is 0 Å². The van der Waals surface area contributed by atoms with Crippen LogP contribution in [0.5, 0.6) is 0 Å². The second-order valence-corrected chi connectivity index (χ2v) is 8.59. The monoisotopic (exact) mass is 428 g/mol. The number of nitrogens with zero attached hydrogens (tertiary/aromatic N) is 4. The molecule has 0 aliphatic carbocycles. The lowest BCUT2D eigenvalue weighted by molar-refractivity contribution is -0.129. The molecule has 0 N–H and O–H groups in total. The number of hydrogen-bond acceptors (Lipinski definition) is 4. The fourth-order valence-corrected chi connectivity index (χ4v) is 4.37. The third-order valence-electron chi connectivity index (χ3n) is 4.95. The predicted molar refractivity (Wildman–Crippen MR) is 125 cm³/mol. The Morgan fingerprint density at radius 2 is 1.48 bits per heavy atom. The third kappa shape index (κ3) is 4.86. The lowest BCUT2D eigenvalue weighted by Gasteiger charge is -2.21. The molecule has 0 bridgehead atoms. The van der Waals surface area contributed by atoms with Crippen molar-refractivity contribution in [2.75, 3.05) is 7.05 Å². The average Bonchev–Trinajstić information content (AvgIpc) is 3.23.